The van der Waals surface area contributed by atoms with E-state index in [1.165, 1.54) is 43.2 Å². The molecule has 2 nitrogen and oxygen atoms in total. The van der Waals surface area contributed by atoms with Gasteiger partial charge in [-0.3, -0.25) is 4.98 Å². The number of hydrogen-bond donors (Lipinski definition) is 1. The number of nitrogens with one attached hydrogen (secondary N) is 1. The van der Waals surface area contributed by atoms with E-state index >= 15 is 0 Å². The van der Waals surface area contributed by atoms with Gasteiger partial charge >= 0.3 is 0 Å². The third kappa shape index (κ3) is 2.31. The Morgan fingerprint density at radius 3 is 2.83 bits per heavy atom. The first-order valence-corrected chi connectivity index (χ1v) is 7.35. The van der Waals surface area contributed by atoms with Crippen molar-refractivity contribution in [2.75, 3.05) is 7.05 Å². The lowest BCUT2D eigenvalue weighted by molar-refractivity contribution is 0.284. The number of pyridine rings is 1. The SMILES string of the molecule is CNC(CC1CC2CCC1C2)c1cncc(C)c1. The van der Waals surface area contributed by atoms with Crippen molar-refractivity contribution >= 4 is 0 Å². The quantitative estimate of drug-likeness (QED) is 0.877. The molecule has 0 amide bonds. The zero-order valence-electron chi connectivity index (χ0n) is 11.5. The van der Waals surface area contributed by atoms with E-state index in [2.05, 4.69) is 30.3 Å². The van der Waals surface area contributed by atoms with Crippen LogP contribution in [0, 0.1) is 24.7 Å². The highest BCUT2D eigenvalue weighted by molar-refractivity contribution is 5.20. The van der Waals surface area contributed by atoms with Crippen molar-refractivity contribution < 1.29 is 0 Å². The van der Waals surface area contributed by atoms with E-state index in [1.807, 2.05) is 12.4 Å². The zero-order chi connectivity index (χ0) is 12.5. The van der Waals surface area contributed by atoms with Crippen LogP contribution >= 0.6 is 0 Å². The summed E-state index contributed by atoms with van der Waals surface area (Å²) in [7, 11) is 2.08. The summed E-state index contributed by atoms with van der Waals surface area (Å²) in [4.78, 5) is 4.34. The number of hydrogen-bond acceptors (Lipinski definition) is 2. The summed E-state index contributed by atoms with van der Waals surface area (Å²) in [5.74, 6) is 3.01. The van der Waals surface area contributed by atoms with Crippen LogP contribution in [0.4, 0.5) is 0 Å². The normalized spacial score (nSPS) is 31.8. The highest BCUT2D eigenvalue weighted by Gasteiger charge is 2.40. The van der Waals surface area contributed by atoms with E-state index in [0.717, 1.165) is 17.8 Å². The van der Waals surface area contributed by atoms with Crippen molar-refractivity contribution in [1.29, 1.82) is 0 Å². The van der Waals surface area contributed by atoms with E-state index in [9.17, 15) is 0 Å². The van der Waals surface area contributed by atoms with Gasteiger partial charge in [0.05, 0.1) is 0 Å². The summed E-state index contributed by atoms with van der Waals surface area (Å²) < 4.78 is 0. The standard InChI is InChI=1S/C16H24N2/c1-11-5-15(10-18-9-11)16(17-2)8-14-7-12-3-4-13(14)6-12/h5,9-10,12-14,16-17H,3-4,6-8H2,1-2H3. The Morgan fingerprint density at radius 2 is 2.22 bits per heavy atom. The minimum Gasteiger partial charge on any atom is -0.313 e. The Kier molecular flexibility index (Phi) is 3.38. The molecule has 1 aromatic rings. The Hall–Kier alpha value is -0.890. The average molecular weight is 244 g/mol. The fourth-order valence-electron chi connectivity index (χ4n) is 4.16. The lowest BCUT2D eigenvalue weighted by Crippen LogP contribution is -2.22. The molecule has 1 heterocycles. The van der Waals surface area contributed by atoms with Crippen molar-refractivity contribution in [2.45, 2.75) is 45.1 Å². The van der Waals surface area contributed by atoms with Gasteiger partial charge in [0.2, 0.25) is 0 Å². The summed E-state index contributed by atoms with van der Waals surface area (Å²) in [5, 5.41) is 3.49. The number of nitrogens with zero attached hydrogens (tertiary/aromatic N) is 1. The molecule has 0 spiro atoms. The van der Waals surface area contributed by atoms with Crippen LogP contribution in [0.5, 0.6) is 0 Å². The minimum absolute atomic E-state index is 0.488. The van der Waals surface area contributed by atoms with Gasteiger partial charge in [0, 0.05) is 18.4 Å². The second-order valence-corrected chi connectivity index (χ2v) is 6.31. The Balaban J connectivity index is 1.69. The minimum atomic E-state index is 0.488. The van der Waals surface area contributed by atoms with Crippen LogP contribution in [-0.4, -0.2) is 12.0 Å². The molecular weight excluding hydrogens is 220 g/mol. The molecule has 0 saturated heterocycles. The summed E-state index contributed by atoms with van der Waals surface area (Å²) in [6.07, 6.45) is 11.2. The van der Waals surface area contributed by atoms with Gasteiger partial charge in [-0.05, 0) is 68.5 Å². The van der Waals surface area contributed by atoms with Crippen LogP contribution in [0.2, 0.25) is 0 Å². The Labute approximate surface area is 110 Å². The summed E-state index contributed by atoms with van der Waals surface area (Å²) in [6, 6.07) is 2.77. The number of aryl methyl sites for hydroxylation is 1. The summed E-state index contributed by atoms with van der Waals surface area (Å²) in [5.41, 5.74) is 2.63. The van der Waals surface area contributed by atoms with Gasteiger partial charge in [0.15, 0.2) is 0 Å². The molecule has 2 bridgehead atoms. The maximum atomic E-state index is 4.34. The van der Waals surface area contributed by atoms with E-state index in [0.29, 0.717) is 6.04 Å². The molecule has 4 unspecified atom stereocenters. The molecule has 2 aliphatic rings. The first kappa shape index (κ1) is 12.2. The van der Waals surface area contributed by atoms with Gasteiger partial charge in [0.25, 0.3) is 0 Å². The van der Waals surface area contributed by atoms with E-state index in [1.54, 1.807) is 0 Å². The molecule has 18 heavy (non-hydrogen) atoms. The zero-order valence-corrected chi connectivity index (χ0v) is 11.5. The highest BCUT2D eigenvalue weighted by Crippen LogP contribution is 2.50. The van der Waals surface area contributed by atoms with Gasteiger partial charge in [-0.1, -0.05) is 12.5 Å². The van der Waals surface area contributed by atoms with Gasteiger partial charge < -0.3 is 5.32 Å². The topological polar surface area (TPSA) is 24.9 Å². The average Bonchev–Trinajstić information content (AvgIpc) is 2.98. The van der Waals surface area contributed by atoms with Crippen molar-refractivity contribution in [2.24, 2.45) is 17.8 Å². The number of aromatic nitrogens is 1. The number of rotatable bonds is 4. The van der Waals surface area contributed by atoms with Crippen LogP contribution in [0.3, 0.4) is 0 Å². The van der Waals surface area contributed by atoms with Crippen molar-refractivity contribution in [3.05, 3.63) is 29.6 Å². The number of fused-ring (bicyclic) bond motifs is 2. The summed E-state index contributed by atoms with van der Waals surface area (Å²) in [6.45, 7) is 2.13. The molecule has 0 aliphatic heterocycles. The molecule has 1 N–H and O–H groups in total. The lowest BCUT2D eigenvalue weighted by Gasteiger charge is -2.26. The first-order chi connectivity index (χ1) is 8.76. The van der Waals surface area contributed by atoms with Crippen LogP contribution in [0.25, 0.3) is 0 Å². The predicted molar refractivity (Wildman–Crippen MR) is 74.3 cm³/mol. The van der Waals surface area contributed by atoms with E-state index in [4.69, 9.17) is 0 Å². The Bertz CT molecular complexity index is 415. The fourth-order valence-corrected chi connectivity index (χ4v) is 4.16. The van der Waals surface area contributed by atoms with Gasteiger partial charge in [-0.2, -0.15) is 0 Å². The van der Waals surface area contributed by atoms with Gasteiger partial charge in [-0.15, -0.1) is 0 Å². The maximum Gasteiger partial charge on any atom is 0.0335 e. The van der Waals surface area contributed by atoms with Crippen LogP contribution in [-0.2, 0) is 0 Å². The third-order valence-electron chi connectivity index (χ3n) is 5.07. The second kappa shape index (κ2) is 5.00. The van der Waals surface area contributed by atoms with Crippen LogP contribution in [0.15, 0.2) is 18.5 Å². The second-order valence-electron chi connectivity index (χ2n) is 6.31. The monoisotopic (exact) mass is 244 g/mol. The van der Waals surface area contributed by atoms with Crippen LogP contribution in [0.1, 0.15) is 49.3 Å². The largest absolute Gasteiger partial charge is 0.313 e. The Morgan fingerprint density at radius 1 is 1.33 bits per heavy atom. The molecule has 0 aromatic carbocycles. The lowest BCUT2D eigenvalue weighted by atomic mass is 9.83. The van der Waals surface area contributed by atoms with Gasteiger partial charge in [0.1, 0.15) is 0 Å². The molecule has 0 radical (unpaired) electrons. The smallest absolute Gasteiger partial charge is 0.0335 e. The molecule has 2 saturated carbocycles. The van der Waals surface area contributed by atoms with Crippen molar-refractivity contribution in [3.8, 4) is 0 Å². The molecule has 4 atom stereocenters. The molecule has 2 fully saturated rings. The molecule has 2 heteroatoms. The van der Waals surface area contributed by atoms with Crippen molar-refractivity contribution in [1.82, 2.24) is 10.3 Å². The maximum absolute atomic E-state index is 4.34. The van der Waals surface area contributed by atoms with E-state index in [-0.39, 0.29) is 0 Å². The molecular formula is C16H24N2. The highest BCUT2D eigenvalue weighted by atomic mass is 14.9. The van der Waals surface area contributed by atoms with E-state index < -0.39 is 0 Å². The van der Waals surface area contributed by atoms with Crippen LogP contribution < -0.4 is 5.32 Å². The van der Waals surface area contributed by atoms with Gasteiger partial charge in [-0.25, -0.2) is 0 Å². The third-order valence-corrected chi connectivity index (χ3v) is 5.07. The predicted octanol–water partition coefficient (Wildman–Crippen LogP) is 3.48. The molecule has 1 aromatic heterocycles. The molecule has 98 valence electrons. The van der Waals surface area contributed by atoms with Crippen molar-refractivity contribution in [3.63, 3.8) is 0 Å². The molecule has 2 aliphatic carbocycles. The summed E-state index contributed by atoms with van der Waals surface area (Å²) >= 11 is 0. The fraction of sp³-hybridized carbons (Fsp3) is 0.688. The molecule has 3 rings (SSSR count). The first-order valence-electron chi connectivity index (χ1n) is 7.35.